The summed E-state index contributed by atoms with van der Waals surface area (Å²) in [4.78, 5) is 0. The Kier molecular flexibility index (Phi) is 27.2. The Morgan fingerprint density at radius 3 is 0.792 bits per heavy atom. The van der Waals surface area contributed by atoms with Gasteiger partial charge < -0.3 is 60.0 Å². The molecule has 0 aromatic carbocycles. The zero-order valence-corrected chi connectivity index (χ0v) is 81.3. The number of thioether (sulfide) groups is 8. The molecule has 44 atom stereocenters. The molecule has 4 aliphatic carbocycles. The quantitative estimate of drug-likeness (QED) is 0.0236. The molecule has 684 valence electrons. The summed E-state index contributed by atoms with van der Waals surface area (Å²) in [6.07, 6.45) is 35.9. The fourth-order valence-electron chi connectivity index (χ4n) is 31.4. The Hall–Kier alpha value is 2.28. The van der Waals surface area contributed by atoms with Crippen LogP contribution in [-0.4, -0.2) is 260 Å². The van der Waals surface area contributed by atoms with Crippen LogP contribution in [0.5, 0.6) is 0 Å². The van der Waals surface area contributed by atoms with Crippen LogP contribution >= 0.6 is 94.1 Å². The van der Waals surface area contributed by atoms with Crippen LogP contribution in [0.4, 0.5) is 0 Å². The lowest BCUT2D eigenvalue weighted by Gasteiger charge is -2.56. The Balaban J connectivity index is 0.521. The summed E-state index contributed by atoms with van der Waals surface area (Å²) >= 11 is 18.4. The Bertz CT molecular complexity index is 4040. The molecule has 16 saturated heterocycles. The Morgan fingerprint density at radius 2 is 0.533 bits per heavy atom. The molecule has 0 aromatic rings. The number of nitrogens with one attached hydrogen (secondary N) is 7. The third-order valence-corrected chi connectivity index (χ3v) is 56.4. The van der Waals surface area contributed by atoms with Crippen molar-refractivity contribution in [2.45, 2.75) is 440 Å². The molecule has 16 heterocycles. The zero-order chi connectivity index (χ0) is 82.8. The number of sulfonamides is 1. The summed E-state index contributed by atoms with van der Waals surface area (Å²) in [5, 5.41) is 37.5. The smallest absolute Gasteiger partial charge is 0.0945 e. The Morgan fingerprint density at radius 1 is 0.308 bits per heavy atom. The van der Waals surface area contributed by atoms with Gasteiger partial charge in [-0.15, -0.1) is 0 Å². The SMILES string of the molecule is CC1CCC(C2CCC(C3CCC(C4CCC(C5CCC(C6CCC(C7CCC(C8CCC(C)N8)N7)N6S(=O)([O-])(O)CCCCC6C7CC(C8CC9C(CCCCS(=O)(=O)[O-])C%10CC(C)SC%10C9S8)SC7C7SC(C8CC9C(CCCCS(=O)(=O)[O-])C%10CC(C%11CC%12C(CCCCS(=O)(=O)[O-])C%13CC(C)SC%13C%12S%11)SC%10C9S8)CC67)N5)N4)N3)N2)N1. The largest absolute Gasteiger partial charge is 0.758 e. The fraction of sp³-hybridized carbons (Fsp3) is 1.00. The van der Waals surface area contributed by atoms with Crippen molar-refractivity contribution in [2.24, 2.45) is 71.0 Å². The van der Waals surface area contributed by atoms with Gasteiger partial charge in [-0.1, -0.05) is 39.5 Å². The minimum Gasteiger partial charge on any atom is -0.758 e. The molecule has 4 saturated carbocycles. The Labute approximate surface area is 754 Å². The summed E-state index contributed by atoms with van der Waals surface area (Å²) in [5.74, 6) is 5.87. The fourth-order valence-corrected chi connectivity index (χ4v) is 53.1. The van der Waals surface area contributed by atoms with Crippen molar-refractivity contribution in [3.05, 3.63) is 0 Å². The van der Waals surface area contributed by atoms with E-state index in [1.54, 1.807) is 4.31 Å². The molecular formula is C88H144N8O12S12-4. The van der Waals surface area contributed by atoms with Gasteiger partial charge in [0.1, 0.15) is 0 Å². The monoisotopic (exact) mass is 1890 g/mol. The number of unbranched alkanes of at least 4 members (excludes halogenated alkanes) is 4. The van der Waals surface area contributed by atoms with Gasteiger partial charge in [-0.2, -0.15) is 94.1 Å². The van der Waals surface area contributed by atoms with Crippen LogP contribution in [0.25, 0.3) is 0 Å². The van der Waals surface area contributed by atoms with Crippen LogP contribution in [0.2, 0.25) is 0 Å². The number of fused-ring (bicyclic) bond motifs is 12. The molecule has 0 aromatic heterocycles. The minimum atomic E-state index is -5.63. The van der Waals surface area contributed by atoms with Crippen molar-refractivity contribution in [1.82, 2.24) is 41.5 Å². The second kappa shape index (κ2) is 36.2. The molecule has 120 heavy (non-hydrogen) atoms. The number of nitrogens with zero attached hydrogens (tertiary/aromatic N) is 1. The average Bonchev–Trinajstić information content (AvgIpc) is 1.55. The minimum absolute atomic E-state index is 0.0159. The maximum absolute atomic E-state index is 16.2. The summed E-state index contributed by atoms with van der Waals surface area (Å²) in [6.45, 7) is 9.39. The van der Waals surface area contributed by atoms with Crippen LogP contribution in [0, 0.1) is 71.0 Å². The molecule has 20 aliphatic rings. The van der Waals surface area contributed by atoms with Crippen molar-refractivity contribution in [3.8, 4) is 0 Å². The molecule has 0 spiro atoms. The standard InChI is InChI=1S/C88H148N8O12S12/c1-45-17-19-61(89-45)63-21-22-65(91-63)66-23-24-67(92-66)68-25-26-69(93-68)70-28-30-72(95-70)74-32-31-73(71-29-27-64(94-71)62-20-18-46(2)90-62)96(74)120(106,107,108)36-12-8-16-52-59-43-78(76-40-56-50(14-6-10-34-118(100,101)102)54-38-48(4)110-82(54)84(56)112-76)114-87(59)88-60(52)44-80(116-88)79-42-58-51(15-7-11-35-119(103,104)105)57-41-77(113-85(57)86(58)115-79)75-39-55-49(13-5-9-33-117(97,98)99)53-37-47(3)109-81(53)83(55)111-75/h45-95H,5-44H2,1-4H3,(H,97,98,99)(H,100,101,102)(H,103,104,105)(H2,106,107,108)/p-4. The molecule has 20 nitrogen and oxygen atoms in total. The average molecular weight is 1890 g/mol. The number of hydrogen-bond donors (Lipinski definition) is 8. The van der Waals surface area contributed by atoms with E-state index in [1.165, 1.54) is 89.9 Å². The molecule has 8 N–H and O–H groups in total. The predicted molar refractivity (Wildman–Crippen MR) is 497 cm³/mol. The highest BCUT2D eigenvalue weighted by Crippen LogP contribution is 2.73. The van der Waals surface area contributed by atoms with E-state index in [0.717, 1.165) is 116 Å². The highest BCUT2D eigenvalue weighted by molar-refractivity contribution is 8.09. The summed E-state index contributed by atoms with van der Waals surface area (Å²) < 4.78 is 154. The second-order valence-electron chi connectivity index (χ2n) is 43.3. The normalized spacial score (nSPS) is 51.8. The van der Waals surface area contributed by atoms with Gasteiger partial charge in [-0.25, -0.2) is 29.6 Å². The highest BCUT2D eigenvalue weighted by atomic mass is 32.3. The van der Waals surface area contributed by atoms with Gasteiger partial charge in [0, 0.05) is 204 Å². The van der Waals surface area contributed by atoms with E-state index in [1.807, 2.05) is 0 Å². The first kappa shape index (κ1) is 90.1. The molecule has 20 rings (SSSR count). The van der Waals surface area contributed by atoms with Crippen LogP contribution in [-0.2, 0) is 40.2 Å². The van der Waals surface area contributed by atoms with Gasteiger partial charge in [0.25, 0.3) is 0 Å². The van der Waals surface area contributed by atoms with E-state index >= 15 is 8.76 Å². The van der Waals surface area contributed by atoms with Gasteiger partial charge in [0.15, 0.2) is 0 Å². The molecule has 32 heteroatoms. The lowest BCUT2D eigenvalue weighted by Crippen LogP contribution is -2.64. The van der Waals surface area contributed by atoms with Crippen LogP contribution in [0.1, 0.15) is 259 Å². The molecule has 0 bridgehead atoms. The summed E-state index contributed by atoms with van der Waals surface area (Å²) in [7, 11) is -18.4. The predicted octanol–water partition coefficient (Wildman–Crippen LogP) is 12.8. The molecular weight excluding hydrogens is 1750 g/mol. The lowest BCUT2D eigenvalue weighted by molar-refractivity contribution is 0.178. The summed E-state index contributed by atoms with van der Waals surface area (Å²) in [6, 6.07) is 4.77. The molecule has 16 aliphatic heterocycles. The van der Waals surface area contributed by atoms with E-state index in [9.17, 15) is 43.5 Å². The first-order chi connectivity index (χ1) is 57.4. The first-order valence-electron chi connectivity index (χ1n) is 48.7. The maximum Gasteiger partial charge on any atom is 0.0945 e. The van der Waals surface area contributed by atoms with Gasteiger partial charge in [0.2, 0.25) is 0 Å². The van der Waals surface area contributed by atoms with Gasteiger partial charge >= 0.3 is 0 Å². The topological polar surface area (TPSA) is 319 Å². The van der Waals surface area contributed by atoms with Gasteiger partial charge in [0.05, 0.1) is 30.4 Å². The van der Waals surface area contributed by atoms with E-state index in [4.69, 9.17) is 0 Å². The van der Waals surface area contributed by atoms with Crippen molar-refractivity contribution in [1.29, 1.82) is 0 Å². The third-order valence-electron chi connectivity index (χ3n) is 36.2. The van der Waals surface area contributed by atoms with Crippen molar-refractivity contribution >= 4 is 134 Å². The number of hydrogen-bond acceptors (Lipinski definition) is 26. The number of rotatable bonds is 31. The molecule has 0 radical (unpaired) electrons. The van der Waals surface area contributed by atoms with Gasteiger partial charge in [-0.3, -0.25) is 4.21 Å². The zero-order valence-electron chi connectivity index (χ0n) is 71.5. The second-order valence-corrected chi connectivity index (χ2v) is 62.3. The van der Waals surface area contributed by atoms with E-state index in [2.05, 4.69) is 159 Å². The van der Waals surface area contributed by atoms with Crippen molar-refractivity contribution in [3.63, 3.8) is 0 Å². The van der Waals surface area contributed by atoms with Crippen molar-refractivity contribution in [2.75, 3.05) is 23.0 Å². The summed E-state index contributed by atoms with van der Waals surface area (Å²) in [5.41, 5.74) is 0. The third kappa shape index (κ3) is 18.6. The molecule has 20 fully saturated rings. The maximum atomic E-state index is 16.2. The first-order valence-corrected chi connectivity index (χ1v) is 62.9. The molecule has 44 unspecified atom stereocenters. The van der Waals surface area contributed by atoms with E-state index < -0.39 is 40.2 Å². The lowest BCUT2D eigenvalue weighted by atomic mass is 9.78. The van der Waals surface area contributed by atoms with Crippen molar-refractivity contribution < 1.29 is 52.2 Å². The van der Waals surface area contributed by atoms with E-state index in [-0.39, 0.29) is 59.3 Å². The van der Waals surface area contributed by atoms with E-state index in [0.29, 0.717) is 241 Å². The molecule has 0 amide bonds. The van der Waals surface area contributed by atoms with Crippen LogP contribution in [0.3, 0.4) is 0 Å². The van der Waals surface area contributed by atoms with Crippen LogP contribution < -0.4 is 37.2 Å². The van der Waals surface area contributed by atoms with Crippen LogP contribution in [0.15, 0.2) is 0 Å². The van der Waals surface area contributed by atoms with Gasteiger partial charge in [-0.05, 0) is 300 Å². The highest BCUT2D eigenvalue weighted by Gasteiger charge is 2.67.